The van der Waals surface area contributed by atoms with Crippen molar-refractivity contribution in [2.45, 2.75) is 26.3 Å². The molecule has 14 heavy (non-hydrogen) atoms. The van der Waals surface area contributed by atoms with Crippen LogP contribution in [0, 0.1) is 0 Å². The second-order valence-corrected chi connectivity index (χ2v) is 3.87. The molecule has 1 fully saturated rings. The van der Waals surface area contributed by atoms with Gasteiger partial charge in [0.05, 0.1) is 6.54 Å². The minimum absolute atomic E-state index is 0.153. The normalized spacial score (nSPS) is 23.4. The number of nitrogens with zero attached hydrogens (tertiary/aromatic N) is 1. The van der Waals surface area contributed by atoms with E-state index < -0.39 is 0 Å². The van der Waals surface area contributed by atoms with Gasteiger partial charge in [0.1, 0.15) is 0 Å². The van der Waals surface area contributed by atoms with E-state index in [2.05, 4.69) is 29.4 Å². The monoisotopic (exact) mass is 199 g/mol. The molecule has 4 heteroatoms. The molecule has 82 valence electrons. The van der Waals surface area contributed by atoms with Crippen molar-refractivity contribution in [1.29, 1.82) is 0 Å². The minimum atomic E-state index is 0.153. The van der Waals surface area contributed by atoms with Gasteiger partial charge in [0, 0.05) is 32.2 Å². The Balaban J connectivity index is 2.23. The molecule has 0 aromatic rings. The summed E-state index contributed by atoms with van der Waals surface area (Å²) in [6.07, 6.45) is 1.00. The standard InChI is InChI=1S/C10H21N3O/c1-3-4-12-10(14)8-13-6-5-11-7-9(13)2/h9,11H,3-8H2,1-2H3,(H,12,14)/t9-/m1/s1. The molecule has 1 aliphatic rings. The van der Waals surface area contributed by atoms with E-state index in [-0.39, 0.29) is 5.91 Å². The van der Waals surface area contributed by atoms with Crippen molar-refractivity contribution >= 4 is 5.91 Å². The fourth-order valence-electron chi connectivity index (χ4n) is 1.62. The van der Waals surface area contributed by atoms with Crippen LogP contribution in [0.5, 0.6) is 0 Å². The SMILES string of the molecule is CCCNC(=O)CN1CCNC[C@H]1C. The van der Waals surface area contributed by atoms with Crippen LogP contribution in [0.3, 0.4) is 0 Å². The first-order chi connectivity index (χ1) is 6.74. The molecule has 0 saturated carbocycles. The van der Waals surface area contributed by atoms with Crippen molar-refractivity contribution in [3.05, 3.63) is 0 Å². The summed E-state index contributed by atoms with van der Waals surface area (Å²) in [5, 5.41) is 6.21. The number of carbonyl (C=O) groups excluding carboxylic acids is 1. The van der Waals surface area contributed by atoms with E-state index in [1.807, 2.05) is 0 Å². The van der Waals surface area contributed by atoms with Gasteiger partial charge in [0.25, 0.3) is 0 Å². The minimum Gasteiger partial charge on any atom is -0.355 e. The third kappa shape index (κ3) is 3.64. The van der Waals surface area contributed by atoms with Gasteiger partial charge in [-0.05, 0) is 13.3 Å². The molecule has 0 radical (unpaired) electrons. The van der Waals surface area contributed by atoms with Gasteiger partial charge in [-0.25, -0.2) is 0 Å². The zero-order valence-corrected chi connectivity index (χ0v) is 9.18. The van der Waals surface area contributed by atoms with E-state index in [4.69, 9.17) is 0 Å². The number of carbonyl (C=O) groups is 1. The average Bonchev–Trinajstić information content (AvgIpc) is 2.18. The highest BCUT2D eigenvalue weighted by molar-refractivity contribution is 5.78. The fraction of sp³-hybridized carbons (Fsp3) is 0.900. The summed E-state index contributed by atoms with van der Waals surface area (Å²) in [7, 11) is 0. The van der Waals surface area contributed by atoms with Crippen LogP contribution in [0.25, 0.3) is 0 Å². The number of nitrogens with one attached hydrogen (secondary N) is 2. The smallest absolute Gasteiger partial charge is 0.234 e. The summed E-state index contributed by atoms with van der Waals surface area (Å²) in [5.74, 6) is 0.153. The van der Waals surface area contributed by atoms with Crippen LogP contribution in [0.1, 0.15) is 20.3 Å². The summed E-state index contributed by atoms with van der Waals surface area (Å²) in [6.45, 7) is 8.50. The number of amides is 1. The van der Waals surface area contributed by atoms with Crippen LogP contribution >= 0.6 is 0 Å². The van der Waals surface area contributed by atoms with Crippen molar-refractivity contribution in [2.24, 2.45) is 0 Å². The first kappa shape index (κ1) is 11.5. The van der Waals surface area contributed by atoms with Crippen molar-refractivity contribution < 1.29 is 4.79 Å². The van der Waals surface area contributed by atoms with Crippen LogP contribution in [0.2, 0.25) is 0 Å². The molecular weight excluding hydrogens is 178 g/mol. The van der Waals surface area contributed by atoms with E-state index in [0.29, 0.717) is 12.6 Å². The van der Waals surface area contributed by atoms with Crippen molar-refractivity contribution in [1.82, 2.24) is 15.5 Å². The molecule has 2 N–H and O–H groups in total. The summed E-state index contributed by atoms with van der Waals surface area (Å²) in [4.78, 5) is 13.7. The Morgan fingerprint density at radius 3 is 3.07 bits per heavy atom. The molecule has 1 amide bonds. The molecule has 0 bridgehead atoms. The van der Waals surface area contributed by atoms with Gasteiger partial charge < -0.3 is 10.6 Å². The number of piperazine rings is 1. The Morgan fingerprint density at radius 1 is 1.64 bits per heavy atom. The van der Waals surface area contributed by atoms with E-state index >= 15 is 0 Å². The van der Waals surface area contributed by atoms with Crippen LogP contribution in [0.15, 0.2) is 0 Å². The zero-order chi connectivity index (χ0) is 10.4. The van der Waals surface area contributed by atoms with Gasteiger partial charge in [0.2, 0.25) is 5.91 Å². The van der Waals surface area contributed by atoms with Crippen LogP contribution in [-0.4, -0.2) is 49.6 Å². The lowest BCUT2D eigenvalue weighted by atomic mass is 10.2. The van der Waals surface area contributed by atoms with Gasteiger partial charge in [0.15, 0.2) is 0 Å². The second kappa shape index (κ2) is 5.98. The second-order valence-electron chi connectivity index (χ2n) is 3.87. The molecule has 1 atom stereocenters. The lowest BCUT2D eigenvalue weighted by molar-refractivity contribution is -0.122. The molecule has 1 rings (SSSR count). The van der Waals surface area contributed by atoms with E-state index in [0.717, 1.165) is 32.6 Å². The maximum atomic E-state index is 11.4. The quantitative estimate of drug-likeness (QED) is 0.659. The highest BCUT2D eigenvalue weighted by Crippen LogP contribution is 2.00. The van der Waals surface area contributed by atoms with Crippen LogP contribution < -0.4 is 10.6 Å². The molecule has 1 aliphatic heterocycles. The lowest BCUT2D eigenvalue weighted by Crippen LogP contribution is -2.52. The van der Waals surface area contributed by atoms with E-state index in [1.54, 1.807) is 0 Å². The summed E-state index contributed by atoms with van der Waals surface area (Å²) >= 11 is 0. The number of hydrogen-bond donors (Lipinski definition) is 2. The predicted octanol–water partition coefficient (Wildman–Crippen LogP) is -0.194. The first-order valence-electron chi connectivity index (χ1n) is 5.45. The molecule has 1 saturated heterocycles. The van der Waals surface area contributed by atoms with Crippen molar-refractivity contribution in [3.8, 4) is 0 Å². The first-order valence-corrected chi connectivity index (χ1v) is 5.45. The highest BCUT2D eigenvalue weighted by atomic mass is 16.2. The Bertz CT molecular complexity index is 184. The fourth-order valence-corrected chi connectivity index (χ4v) is 1.62. The van der Waals surface area contributed by atoms with Gasteiger partial charge in [-0.15, -0.1) is 0 Å². The maximum Gasteiger partial charge on any atom is 0.234 e. The largest absolute Gasteiger partial charge is 0.355 e. The van der Waals surface area contributed by atoms with Gasteiger partial charge in [-0.3, -0.25) is 9.69 Å². The predicted molar refractivity (Wildman–Crippen MR) is 57.2 cm³/mol. The molecule has 0 aromatic heterocycles. The van der Waals surface area contributed by atoms with Crippen LogP contribution in [0.4, 0.5) is 0 Å². The third-order valence-electron chi connectivity index (χ3n) is 2.56. The lowest BCUT2D eigenvalue weighted by Gasteiger charge is -2.33. The summed E-state index contributed by atoms with van der Waals surface area (Å²) in [6, 6.07) is 0.469. The summed E-state index contributed by atoms with van der Waals surface area (Å²) < 4.78 is 0. The molecule has 0 aliphatic carbocycles. The van der Waals surface area contributed by atoms with E-state index in [9.17, 15) is 4.79 Å². The Hall–Kier alpha value is -0.610. The Morgan fingerprint density at radius 2 is 2.43 bits per heavy atom. The van der Waals surface area contributed by atoms with E-state index in [1.165, 1.54) is 0 Å². The van der Waals surface area contributed by atoms with Gasteiger partial charge in [-0.1, -0.05) is 6.92 Å². The number of rotatable bonds is 4. The van der Waals surface area contributed by atoms with Crippen molar-refractivity contribution in [2.75, 3.05) is 32.7 Å². The average molecular weight is 199 g/mol. The topological polar surface area (TPSA) is 44.4 Å². The highest BCUT2D eigenvalue weighted by Gasteiger charge is 2.19. The van der Waals surface area contributed by atoms with Gasteiger partial charge >= 0.3 is 0 Å². The molecule has 0 spiro atoms. The molecule has 0 unspecified atom stereocenters. The Labute approximate surface area is 86.0 Å². The zero-order valence-electron chi connectivity index (χ0n) is 9.18. The molecule has 1 heterocycles. The van der Waals surface area contributed by atoms with Crippen molar-refractivity contribution in [3.63, 3.8) is 0 Å². The molecule has 0 aromatic carbocycles. The molecule has 4 nitrogen and oxygen atoms in total. The third-order valence-corrected chi connectivity index (χ3v) is 2.56. The maximum absolute atomic E-state index is 11.4. The van der Waals surface area contributed by atoms with Crippen LogP contribution in [-0.2, 0) is 4.79 Å². The Kier molecular flexibility index (Phi) is 4.90. The number of hydrogen-bond acceptors (Lipinski definition) is 3. The summed E-state index contributed by atoms with van der Waals surface area (Å²) in [5.41, 5.74) is 0. The van der Waals surface area contributed by atoms with Gasteiger partial charge in [-0.2, -0.15) is 0 Å². The molecular formula is C10H21N3O.